The molecule has 1 amide bonds. The summed E-state index contributed by atoms with van der Waals surface area (Å²) in [6.07, 6.45) is 0.871. The number of anilines is 1. The molecule has 0 saturated heterocycles. The molecule has 1 heterocycles. The van der Waals surface area contributed by atoms with Crippen LogP contribution in [0.4, 0.5) is 10.1 Å². The zero-order chi connectivity index (χ0) is 19.6. The summed E-state index contributed by atoms with van der Waals surface area (Å²) in [4.78, 5) is 12.8. The van der Waals surface area contributed by atoms with Crippen molar-refractivity contribution in [3.05, 3.63) is 58.9 Å². The van der Waals surface area contributed by atoms with Gasteiger partial charge in [0, 0.05) is 19.3 Å². The van der Waals surface area contributed by atoms with Crippen LogP contribution < -0.4 is 15.8 Å². The van der Waals surface area contributed by atoms with Gasteiger partial charge in [0.25, 0.3) is 0 Å². The molecule has 144 valence electrons. The van der Waals surface area contributed by atoms with Gasteiger partial charge in [-0.3, -0.25) is 4.79 Å². The number of methoxy groups -OCH3 is 1. The van der Waals surface area contributed by atoms with Gasteiger partial charge in [0.1, 0.15) is 11.9 Å². The maximum atomic E-state index is 14.5. The largest absolute Gasteiger partial charge is 0.380 e. The minimum Gasteiger partial charge on any atom is -0.380 e. The minimum atomic E-state index is -1.74. The molecule has 1 atom stereocenters. The lowest BCUT2D eigenvalue weighted by molar-refractivity contribution is -0.118. The predicted octanol–water partition coefficient (Wildman–Crippen LogP) is 3.34. The molecule has 0 unspecified atom stereocenters. The highest BCUT2D eigenvalue weighted by Crippen LogP contribution is 2.26. The van der Waals surface area contributed by atoms with E-state index >= 15 is 0 Å². The maximum absolute atomic E-state index is 14.5. The summed E-state index contributed by atoms with van der Waals surface area (Å²) in [5.74, 6) is -0.413. The van der Waals surface area contributed by atoms with E-state index in [0.29, 0.717) is 12.3 Å². The highest BCUT2D eigenvalue weighted by atomic mass is 28.3. The van der Waals surface area contributed by atoms with Gasteiger partial charge in [-0.25, -0.2) is 4.39 Å². The summed E-state index contributed by atoms with van der Waals surface area (Å²) in [7, 11) is -0.0726. The van der Waals surface area contributed by atoms with Crippen LogP contribution in [0.5, 0.6) is 0 Å². The molecule has 0 bridgehead atoms. The van der Waals surface area contributed by atoms with Crippen LogP contribution >= 0.6 is 0 Å². The predicted molar refractivity (Wildman–Crippen MR) is 110 cm³/mol. The molecule has 2 aromatic carbocycles. The third-order valence-corrected chi connectivity index (χ3v) is 6.90. The van der Waals surface area contributed by atoms with Gasteiger partial charge in [-0.15, -0.1) is 0 Å². The number of ether oxygens (including phenoxy) is 1. The lowest BCUT2D eigenvalue weighted by atomic mass is 9.92. The molecule has 0 aliphatic carbocycles. The molecule has 2 aromatic rings. The Morgan fingerprint density at radius 3 is 2.70 bits per heavy atom. The number of carbonyl (C=O) groups is 1. The van der Waals surface area contributed by atoms with Crippen molar-refractivity contribution in [3.63, 3.8) is 0 Å². The van der Waals surface area contributed by atoms with Crippen molar-refractivity contribution in [3.8, 4) is 0 Å². The third kappa shape index (κ3) is 4.46. The van der Waals surface area contributed by atoms with Gasteiger partial charge in [0.2, 0.25) is 5.91 Å². The van der Waals surface area contributed by atoms with Gasteiger partial charge < -0.3 is 15.4 Å². The summed E-state index contributed by atoms with van der Waals surface area (Å²) < 4.78 is 19.6. The summed E-state index contributed by atoms with van der Waals surface area (Å²) in [6, 6.07) is 10.6. The Balaban J connectivity index is 1.79. The highest BCUT2D eigenvalue weighted by Gasteiger charge is 2.27. The van der Waals surface area contributed by atoms with Crippen molar-refractivity contribution in [2.24, 2.45) is 0 Å². The number of halogens is 1. The van der Waals surface area contributed by atoms with Crippen LogP contribution in [0.25, 0.3) is 0 Å². The first kappa shape index (κ1) is 19.7. The van der Waals surface area contributed by atoms with Gasteiger partial charge in [-0.1, -0.05) is 43.9 Å². The fourth-order valence-electron chi connectivity index (χ4n) is 3.52. The summed E-state index contributed by atoms with van der Waals surface area (Å²) in [5, 5.41) is 6.90. The van der Waals surface area contributed by atoms with E-state index in [1.54, 1.807) is 19.2 Å². The van der Waals surface area contributed by atoms with Crippen molar-refractivity contribution in [1.82, 2.24) is 5.32 Å². The number of carbonyl (C=O) groups excluding carboxylic acids is 1. The van der Waals surface area contributed by atoms with E-state index < -0.39 is 14.1 Å². The SMILES string of the molecule is COCc1ccc2c(c1)CCN[C@H]2C(=O)Nc1ccc([Si](C)(C)C)c(F)c1. The average molecular weight is 387 g/mol. The Hall–Kier alpha value is -2.02. The van der Waals surface area contributed by atoms with Gasteiger partial charge in [-0.05, 0) is 40.4 Å². The van der Waals surface area contributed by atoms with Crippen LogP contribution in [0.2, 0.25) is 19.6 Å². The van der Waals surface area contributed by atoms with Crippen molar-refractivity contribution in [1.29, 1.82) is 0 Å². The van der Waals surface area contributed by atoms with E-state index in [9.17, 15) is 9.18 Å². The lowest BCUT2D eigenvalue weighted by Crippen LogP contribution is -2.40. The van der Waals surface area contributed by atoms with Crippen LogP contribution in [0.15, 0.2) is 36.4 Å². The Kier molecular flexibility index (Phi) is 5.79. The summed E-state index contributed by atoms with van der Waals surface area (Å²) in [6.45, 7) is 7.59. The molecule has 1 aliphatic rings. The molecule has 2 N–H and O–H groups in total. The summed E-state index contributed by atoms with van der Waals surface area (Å²) >= 11 is 0. The van der Waals surface area contributed by atoms with Crippen LogP contribution in [0, 0.1) is 5.82 Å². The van der Waals surface area contributed by atoms with Crippen molar-refractivity contribution in [2.75, 3.05) is 19.0 Å². The molecule has 0 fully saturated rings. The highest BCUT2D eigenvalue weighted by molar-refractivity contribution is 6.88. The molecule has 1 aliphatic heterocycles. The molecular formula is C21H27FN2O2Si. The standard InChI is InChI=1S/C21H27FN2O2Si/c1-26-13-14-5-7-17-15(11-14)9-10-23-20(17)21(25)24-16-6-8-19(18(22)12-16)27(2,3)4/h5-8,11-12,20,23H,9-10,13H2,1-4H3,(H,24,25)/t20-/m1/s1. The quantitative estimate of drug-likeness (QED) is 0.775. The van der Waals surface area contributed by atoms with Crippen molar-refractivity contribution >= 4 is 24.9 Å². The molecule has 6 heteroatoms. The molecule has 27 heavy (non-hydrogen) atoms. The van der Waals surface area contributed by atoms with Gasteiger partial charge in [0.15, 0.2) is 0 Å². The van der Waals surface area contributed by atoms with E-state index in [4.69, 9.17) is 4.74 Å². The zero-order valence-corrected chi connectivity index (χ0v) is 17.4. The van der Waals surface area contributed by atoms with Crippen molar-refractivity contribution in [2.45, 2.75) is 38.7 Å². The number of fused-ring (bicyclic) bond motifs is 1. The molecule has 3 rings (SSSR count). The van der Waals surface area contributed by atoms with E-state index in [1.807, 2.05) is 12.1 Å². The van der Waals surface area contributed by atoms with Crippen LogP contribution in [0.1, 0.15) is 22.7 Å². The first-order chi connectivity index (χ1) is 12.8. The molecule has 0 radical (unpaired) electrons. The Bertz CT molecular complexity index is 849. The number of rotatable bonds is 5. The van der Waals surface area contributed by atoms with E-state index in [1.165, 1.54) is 6.07 Å². The number of amides is 1. The van der Waals surface area contributed by atoms with Gasteiger partial charge in [-0.2, -0.15) is 0 Å². The zero-order valence-electron chi connectivity index (χ0n) is 16.4. The third-order valence-electron chi connectivity index (χ3n) is 4.88. The molecule has 0 spiro atoms. The Morgan fingerprint density at radius 2 is 2.04 bits per heavy atom. The van der Waals surface area contributed by atoms with E-state index in [-0.39, 0.29) is 11.7 Å². The summed E-state index contributed by atoms with van der Waals surface area (Å²) in [5.41, 5.74) is 3.72. The monoisotopic (exact) mass is 386 g/mol. The minimum absolute atomic E-state index is 0.171. The van der Waals surface area contributed by atoms with E-state index in [2.05, 4.69) is 36.3 Å². The number of hydrogen-bond acceptors (Lipinski definition) is 3. The average Bonchev–Trinajstić information content (AvgIpc) is 2.60. The molecular weight excluding hydrogens is 359 g/mol. The van der Waals surface area contributed by atoms with E-state index in [0.717, 1.165) is 34.8 Å². The van der Waals surface area contributed by atoms with Gasteiger partial charge in [0.05, 0.1) is 14.7 Å². The smallest absolute Gasteiger partial charge is 0.246 e. The Labute approximate surface area is 161 Å². The second-order valence-corrected chi connectivity index (χ2v) is 13.1. The van der Waals surface area contributed by atoms with Crippen LogP contribution in [-0.4, -0.2) is 27.6 Å². The fraction of sp³-hybridized carbons (Fsp3) is 0.381. The molecule has 4 nitrogen and oxygen atoms in total. The van der Waals surface area contributed by atoms with Crippen molar-refractivity contribution < 1.29 is 13.9 Å². The number of benzene rings is 2. The second-order valence-electron chi connectivity index (χ2n) is 8.04. The Morgan fingerprint density at radius 1 is 1.26 bits per heavy atom. The fourth-order valence-corrected chi connectivity index (χ4v) is 4.90. The number of hydrogen-bond donors (Lipinski definition) is 2. The molecule has 0 saturated carbocycles. The van der Waals surface area contributed by atoms with Gasteiger partial charge >= 0.3 is 0 Å². The first-order valence-electron chi connectivity index (χ1n) is 9.24. The maximum Gasteiger partial charge on any atom is 0.246 e. The topological polar surface area (TPSA) is 50.4 Å². The molecule has 0 aromatic heterocycles. The normalized spacial score (nSPS) is 16.7. The second kappa shape index (κ2) is 7.92. The van der Waals surface area contributed by atoms with Crippen LogP contribution in [0.3, 0.4) is 0 Å². The lowest BCUT2D eigenvalue weighted by Gasteiger charge is -2.27. The number of nitrogens with one attached hydrogen (secondary N) is 2. The first-order valence-corrected chi connectivity index (χ1v) is 12.7. The van der Waals surface area contributed by atoms with Crippen LogP contribution in [-0.2, 0) is 22.6 Å².